The summed E-state index contributed by atoms with van der Waals surface area (Å²) in [6, 6.07) is 7.23. The molecule has 2 atom stereocenters. The molecule has 1 aromatic carbocycles. The van der Waals surface area contributed by atoms with Gasteiger partial charge in [-0.3, -0.25) is 9.59 Å². The van der Waals surface area contributed by atoms with Gasteiger partial charge < -0.3 is 34.6 Å². The number of alkyl halides is 3. The number of likely N-dealkylation sites (N-methyl/N-ethyl adjacent to an activating group) is 1. The summed E-state index contributed by atoms with van der Waals surface area (Å²) in [7, 11) is 3.65. The van der Waals surface area contributed by atoms with Crippen LogP contribution >= 0.6 is 0 Å². The van der Waals surface area contributed by atoms with Gasteiger partial charge in [-0.05, 0) is 101 Å². The summed E-state index contributed by atoms with van der Waals surface area (Å²) in [4.78, 5) is 49.3. The predicted molar refractivity (Wildman–Crippen MR) is 205 cm³/mol. The van der Waals surface area contributed by atoms with Crippen LogP contribution in [0.3, 0.4) is 0 Å². The molecule has 2 bridgehead atoms. The number of amides is 1. The second-order valence-electron chi connectivity index (χ2n) is 16.9. The molecule has 57 heavy (non-hydrogen) atoms. The standard InChI is InChI=1S/C41H51F3N8O5/c1-50(2)13-8-32-34(36(53)47-28-21-25-18-26(22-28)20-27(19-25)37(54)55)35(41(42,43)44)49-39(48-32)52-24-40(9-16-56-17-10-40)31-23-30(4-5-33(31)52)57-29-6-14-51(15-7-29)38-45-11-3-12-46-38/h3-5,11-12,23,25-29H,6-10,13-22,24H2,1-2H3,(H,47,53)(H,54,55). The van der Waals surface area contributed by atoms with E-state index in [4.69, 9.17) is 14.5 Å². The molecule has 2 aliphatic carbocycles. The van der Waals surface area contributed by atoms with Crippen LogP contribution in [-0.2, 0) is 27.5 Å². The first-order chi connectivity index (χ1) is 27.3. The first kappa shape index (κ1) is 39.3. The monoisotopic (exact) mass is 792 g/mol. The van der Waals surface area contributed by atoms with E-state index >= 15 is 13.2 Å². The molecule has 8 rings (SSSR count). The van der Waals surface area contributed by atoms with Gasteiger partial charge in [-0.2, -0.15) is 13.2 Å². The molecule has 306 valence electrons. The van der Waals surface area contributed by atoms with Crippen molar-refractivity contribution in [2.75, 3.05) is 63.3 Å². The topological polar surface area (TPSA) is 146 Å². The van der Waals surface area contributed by atoms with Crippen LogP contribution in [0.1, 0.15) is 85.1 Å². The van der Waals surface area contributed by atoms with Crippen molar-refractivity contribution in [2.24, 2.45) is 17.8 Å². The summed E-state index contributed by atoms with van der Waals surface area (Å²) < 4.78 is 57.9. The highest BCUT2D eigenvalue weighted by atomic mass is 19.4. The molecular formula is C41H51F3N8O5. The number of aliphatic carboxylic acids is 1. The summed E-state index contributed by atoms with van der Waals surface area (Å²) in [5.74, 6) is -0.561. The lowest BCUT2D eigenvalue weighted by Gasteiger charge is -2.41. The first-order valence-electron chi connectivity index (χ1n) is 20.2. The SMILES string of the molecule is CN(C)CCc1nc(N2CC3(CCOCC3)c3cc(OC4CCN(c5ncccn5)CC4)ccc32)nc(C(F)(F)F)c1C(=O)NC1CC2CC(C1)CC(C(=O)O)C2. The van der Waals surface area contributed by atoms with Gasteiger partial charge in [-0.25, -0.2) is 19.9 Å². The fourth-order valence-electron chi connectivity index (χ4n) is 9.91. The van der Waals surface area contributed by atoms with Crippen molar-refractivity contribution in [3.8, 4) is 5.75 Å². The fourth-order valence-corrected chi connectivity index (χ4v) is 9.91. The largest absolute Gasteiger partial charge is 0.490 e. The Hall–Kier alpha value is -4.57. The van der Waals surface area contributed by atoms with Crippen LogP contribution in [0.25, 0.3) is 0 Å². The number of benzene rings is 1. The molecule has 2 N–H and O–H groups in total. The quantitative estimate of drug-likeness (QED) is 0.262. The van der Waals surface area contributed by atoms with E-state index in [2.05, 4.69) is 25.2 Å². The summed E-state index contributed by atoms with van der Waals surface area (Å²) in [6.07, 6.45) is 4.51. The third-order valence-electron chi connectivity index (χ3n) is 12.6. The number of hydrogen-bond donors (Lipinski definition) is 2. The first-order valence-corrected chi connectivity index (χ1v) is 20.2. The van der Waals surface area contributed by atoms with Crippen molar-refractivity contribution in [1.29, 1.82) is 0 Å². The Kier molecular flexibility index (Phi) is 11.0. The van der Waals surface area contributed by atoms with Crippen molar-refractivity contribution >= 4 is 29.5 Å². The third-order valence-corrected chi connectivity index (χ3v) is 12.6. The van der Waals surface area contributed by atoms with E-state index < -0.39 is 40.6 Å². The highest BCUT2D eigenvalue weighted by Gasteiger charge is 2.48. The van der Waals surface area contributed by atoms with Gasteiger partial charge in [-0.1, -0.05) is 0 Å². The van der Waals surface area contributed by atoms with E-state index in [1.165, 1.54) is 0 Å². The normalized spacial score (nSPS) is 24.7. The van der Waals surface area contributed by atoms with Crippen LogP contribution in [0.4, 0.5) is 30.8 Å². The smallest absolute Gasteiger partial charge is 0.434 e. The molecule has 3 aliphatic heterocycles. The third kappa shape index (κ3) is 8.38. The summed E-state index contributed by atoms with van der Waals surface area (Å²) in [5.41, 5.74) is -0.468. The molecule has 2 unspecified atom stereocenters. The molecule has 5 aliphatic rings. The highest BCUT2D eigenvalue weighted by Crippen LogP contribution is 2.51. The minimum absolute atomic E-state index is 0.0170. The van der Waals surface area contributed by atoms with Gasteiger partial charge in [0.2, 0.25) is 11.9 Å². The van der Waals surface area contributed by atoms with Crippen molar-refractivity contribution in [1.82, 2.24) is 30.2 Å². The number of piperidine rings is 1. The highest BCUT2D eigenvalue weighted by molar-refractivity contribution is 5.97. The minimum atomic E-state index is -4.94. The molecule has 2 saturated carbocycles. The van der Waals surface area contributed by atoms with Gasteiger partial charge in [0.1, 0.15) is 11.9 Å². The second-order valence-corrected chi connectivity index (χ2v) is 16.9. The van der Waals surface area contributed by atoms with Gasteiger partial charge in [-0.15, -0.1) is 0 Å². The molecule has 16 heteroatoms. The fraction of sp³-hybridized carbons (Fsp3) is 0.610. The molecule has 4 fully saturated rings. The molecule has 2 saturated heterocycles. The zero-order valence-corrected chi connectivity index (χ0v) is 32.5. The van der Waals surface area contributed by atoms with E-state index in [0.29, 0.717) is 76.5 Å². The minimum Gasteiger partial charge on any atom is -0.490 e. The molecule has 5 heterocycles. The zero-order valence-electron chi connectivity index (χ0n) is 32.5. The maximum Gasteiger partial charge on any atom is 0.434 e. The van der Waals surface area contributed by atoms with Crippen molar-refractivity contribution in [3.05, 3.63) is 59.2 Å². The number of aromatic nitrogens is 4. The summed E-state index contributed by atoms with van der Waals surface area (Å²) in [6.45, 7) is 3.27. The number of halogens is 3. The number of hydrogen-bond acceptors (Lipinski definition) is 11. The molecule has 0 radical (unpaired) electrons. The Morgan fingerprint density at radius 2 is 1.70 bits per heavy atom. The Labute approximate surface area is 330 Å². The number of carboxylic acid groups (broad SMARTS) is 1. The number of carboxylic acids is 1. The average molecular weight is 793 g/mol. The number of nitrogens with one attached hydrogen (secondary N) is 1. The number of rotatable bonds is 10. The van der Waals surface area contributed by atoms with E-state index in [1.807, 2.05) is 37.2 Å². The summed E-state index contributed by atoms with van der Waals surface area (Å²) in [5, 5.41) is 12.5. The Morgan fingerprint density at radius 3 is 2.35 bits per heavy atom. The van der Waals surface area contributed by atoms with E-state index in [0.717, 1.165) is 43.6 Å². The van der Waals surface area contributed by atoms with Crippen LogP contribution in [0.15, 0.2) is 36.7 Å². The van der Waals surface area contributed by atoms with Crippen molar-refractivity contribution in [3.63, 3.8) is 0 Å². The Morgan fingerprint density at radius 1 is 1.00 bits per heavy atom. The number of anilines is 3. The lowest BCUT2D eigenvalue weighted by Crippen LogP contribution is -2.45. The molecule has 2 aromatic heterocycles. The molecule has 3 aromatic rings. The van der Waals surface area contributed by atoms with Crippen molar-refractivity contribution < 1.29 is 37.3 Å². The van der Waals surface area contributed by atoms with Gasteiger partial charge in [0, 0.05) is 88.2 Å². The van der Waals surface area contributed by atoms with E-state index in [9.17, 15) is 14.7 Å². The Bertz CT molecular complexity index is 1920. The lowest BCUT2D eigenvalue weighted by atomic mass is 9.66. The molecule has 1 amide bonds. The van der Waals surface area contributed by atoms with Gasteiger partial charge in [0.25, 0.3) is 5.91 Å². The van der Waals surface area contributed by atoms with Crippen LogP contribution in [0, 0.1) is 17.8 Å². The van der Waals surface area contributed by atoms with Crippen LogP contribution in [0.2, 0.25) is 0 Å². The maximum absolute atomic E-state index is 15.2. The van der Waals surface area contributed by atoms with Gasteiger partial charge >= 0.3 is 12.1 Å². The number of ether oxygens (including phenoxy) is 2. The number of carbonyl (C=O) groups is 2. The van der Waals surface area contributed by atoms with E-state index in [1.54, 1.807) is 23.4 Å². The van der Waals surface area contributed by atoms with Crippen LogP contribution < -0.4 is 19.9 Å². The molecule has 13 nitrogen and oxygen atoms in total. The second kappa shape index (κ2) is 16.0. The number of nitrogens with zero attached hydrogens (tertiary/aromatic N) is 7. The number of carbonyl (C=O) groups excluding carboxylic acids is 1. The van der Waals surface area contributed by atoms with Crippen molar-refractivity contribution in [2.45, 2.75) is 87.9 Å². The van der Waals surface area contributed by atoms with E-state index in [-0.39, 0.29) is 42.0 Å². The lowest BCUT2D eigenvalue weighted by molar-refractivity contribution is -0.144. The number of fused-ring (bicyclic) bond motifs is 4. The molecule has 1 spiro atoms. The van der Waals surface area contributed by atoms with Crippen LogP contribution in [0.5, 0.6) is 5.75 Å². The van der Waals surface area contributed by atoms with Gasteiger partial charge in [0.15, 0.2) is 5.69 Å². The average Bonchev–Trinajstić information content (AvgIpc) is 3.49. The molecular weight excluding hydrogens is 741 g/mol. The Balaban J connectivity index is 1.08. The summed E-state index contributed by atoms with van der Waals surface area (Å²) >= 11 is 0. The predicted octanol–water partition coefficient (Wildman–Crippen LogP) is 5.65. The maximum atomic E-state index is 15.2. The zero-order chi connectivity index (χ0) is 39.9. The van der Waals surface area contributed by atoms with Gasteiger partial charge in [0.05, 0.1) is 17.2 Å². The van der Waals surface area contributed by atoms with Crippen LogP contribution in [-0.4, -0.2) is 107 Å².